The van der Waals surface area contributed by atoms with Crippen molar-refractivity contribution in [3.8, 4) is 0 Å². The molecule has 58 valence electrons. The Morgan fingerprint density at radius 3 is 2.91 bits per heavy atom. The van der Waals surface area contributed by atoms with Crippen molar-refractivity contribution in [1.82, 2.24) is 4.98 Å². The van der Waals surface area contributed by atoms with Gasteiger partial charge in [-0.25, -0.2) is 4.98 Å². The van der Waals surface area contributed by atoms with E-state index in [9.17, 15) is 4.79 Å². The normalized spacial score (nSPS) is 9.64. The molecule has 0 spiro atoms. The van der Waals surface area contributed by atoms with Crippen LogP contribution in [0, 0.1) is 3.70 Å². The lowest BCUT2D eigenvalue weighted by atomic mass is 10.2. The first-order valence-corrected chi connectivity index (χ1v) is 4.55. The highest BCUT2D eigenvalue weighted by molar-refractivity contribution is 14.1. The van der Waals surface area contributed by atoms with E-state index in [2.05, 4.69) is 4.98 Å². The summed E-state index contributed by atoms with van der Waals surface area (Å²) in [5.74, 6) is 0.345. The quantitative estimate of drug-likeness (QED) is 0.360. The fraction of sp³-hybridized carbons (Fsp3) is 0.143. The number of hydrogen-bond donors (Lipinski definition) is 0. The summed E-state index contributed by atoms with van der Waals surface area (Å²) >= 11 is 7.60. The van der Waals surface area contributed by atoms with Gasteiger partial charge in [0.15, 0.2) is 0 Å². The van der Waals surface area contributed by atoms with E-state index in [4.69, 9.17) is 11.6 Å². The maximum absolute atomic E-state index is 10.4. The van der Waals surface area contributed by atoms with E-state index in [1.165, 1.54) is 0 Å². The summed E-state index contributed by atoms with van der Waals surface area (Å²) in [4.78, 5) is 14.4. The van der Waals surface area contributed by atoms with Crippen molar-refractivity contribution in [2.75, 3.05) is 0 Å². The van der Waals surface area contributed by atoms with Crippen molar-refractivity contribution in [2.45, 2.75) is 5.88 Å². The number of hydrogen-bond acceptors (Lipinski definition) is 2. The first-order valence-electron chi connectivity index (χ1n) is 2.94. The molecule has 1 rings (SSSR count). The number of pyridine rings is 1. The second-order valence-corrected chi connectivity index (χ2v) is 3.34. The highest BCUT2D eigenvalue weighted by atomic mass is 127. The molecule has 1 aromatic rings. The number of nitrogens with zero attached hydrogens (tertiary/aromatic N) is 1. The zero-order valence-corrected chi connectivity index (χ0v) is 8.46. The molecule has 0 aromatic carbocycles. The van der Waals surface area contributed by atoms with Crippen LogP contribution in [0.1, 0.15) is 16.1 Å². The standard InChI is InChI=1S/C7H5ClINO/c8-3-6-1-5(4-11)2-7(9)10-6/h1-2,4H,3H2. The number of carbonyl (C=O) groups excluding carboxylic acids is 1. The van der Waals surface area contributed by atoms with E-state index in [-0.39, 0.29) is 0 Å². The fourth-order valence-corrected chi connectivity index (χ4v) is 1.52. The number of alkyl halides is 1. The highest BCUT2D eigenvalue weighted by Gasteiger charge is 1.97. The minimum atomic E-state index is 0.345. The zero-order chi connectivity index (χ0) is 8.27. The summed E-state index contributed by atoms with van der Waals surface area (Å²) in [6.07, 6.45) is 0.792. The summed E-state index contributed by atoms with van der Waals surface area (Å²) < 4.78 is 0.794. The summed E-state index contributed by atoms with van der Waals surface area (Å²) in [5, 5.41) is 0. The molecule has 0 radical (unpaired) electrons. The van der Waals surface area contributed by atoms with Crippen molar-refractivity contribution in [3.63, 3.8) is 0 Å². The molecule has 4 heteroatoms. The van der Waals surface area contributed by atoms with Gasteiger partial charge in [-0.15, -0.1) is 11.6 Å². The van der Waals surface area contributed by atoms with E-state index < -0.39 is 0 Å². The van der Waals surface area contributed by atoms with Crippen LogP contribution in [-0.2, 0) is 5.88 Å². The van der Waals surface area contributed by atoms with Crippen molar-refractivity contribution in [3.05, 3.63) is 27.1 Å². The first kappa shape index (κ1) is 8.93. The third kappa shape index (κ3) is 2.41. The number of rotatable bonds is 2. The Balaban J connectivity index is 3.11. The van der Waals surface area contributed by atoms with Crippen LogP contribution in [0.25, 0.3) is 0 Å². The largest absolute Gasteiger partial charge is 0.298 e. The van der Waals surface area contributed by atoms with Gasteiger partial charge in [-0.1, -0.05) is 0 Å². The highest BCUT2D eigenvalue weighted by Crippen LogP contribution is 2.08. The van der Waals surface area contributed by atoms with Crippen LogP contribution in [0.3, 0.4) is 0 Å². The van der Waals surface area contributed by atoms with Gasteiger partial charge < -0.3 is 0 Å². The van der Waals surface area contributed by atoms with Crippen LogP contribution < -0.4 is 0 Å². The van der Waals surface area contributed by atoms with Crippen molar-refractivity contribution in [2.24, 2.45) is 0 Å². The SMILES string of the molecule is O=Cc1cc(I)nc(CCl)c1. The lowest BCUT2D eigenvalue weighted by Gasteiger charge is -1.96. The number of aldehydes is 1. The Kier molecular flexibility index (Phi) is 3.26. The second kappa shape index (κ2) is 4.01. The molecule has 0 amide bonds. The van der Waals surface area contributed by atoms with E-state index in [1.54, 1.807) is 12.1 Å². The van der Waals surface area contributed by atoms with Gasteiger partial charge in [0, 0.05) is 5.56 Å². The molecular weight excluding hydrogens is 276 g/mol. The Morgan fingerprint density at radius 1 is 1.64 bits per heavy atom. The van der Waals surface area contributed by atoms with E-state index in [0.29, 0.717) is 11.4 Å². The minimum absolute atomic E-state index is 0.345. The molecule has 0 aliphatic heterocycles. The van der Waals surface area contributed by atoms with Crippen molar-refractivity contribution in [1.29, 1.82) is 0 Å². The van der Waals surface area contributed by atoms with Gasteiger partial charge in [-0.2, -0.15) is 0 Å². The molecule has 0 bridgehead atoms. The summed E-state index contributed by atoms with van der Waals surface area (Å²) in [5.41, 5.74) is 1.36. The van der Waals surface area contributed by atoms with Gasteiger partial charge in [0.05, 0.1) is 11.6 Å². The summed E-state index contributed by atoms with van der Waals surface area (Å²) in [7, 11) is 0. The predicted molar refractivity (Wildman–Crippen MR) is 51.9 cm³/mol. The maximum Gasteiger partial charge on any atom is 0.150 e. The summed E-state index contributed by atoms with van der Waals surface area (Å²) in [6.45, 7) is 0. The molecule has 0 saturated carbocycles. The van der Waals surface area contributed by atoms with Gasteiger partial charge in [0.2, 0.25) is 0 Å². The molecule has 0 atom stereocenters. The van der Waals surface area contributed by atoms with E-state index in [0.717, 1.165) is 15.7 Å². The molecule has 0 fully saturated rings. The van der Waals surface area contributed by atoms with Gasteiger partial charge in [0.1, 0.15) is 9.99 Å². The van der Waals surface area contributed by atoms with Gasteiger partial charge in [0.25, 0.3) is 0 Å². The number of aromatic nitrogens is 1. The third-order valence-corrected chi connectivity index (χ3v) is 1.97. The van der Waals surface area contributed by atoms with Crippen LogP contribution >= 0.6 is 34.2 Å². The Hall–Kier alpha value is -0.160. The topological polar surface area (TPSA) is 30.0 Å². The van der Waals surface area contributed by atoms with Crippen LogP contribution in [0.5, 0.6) is 0 Å². The Morgan fingerprint density at radius 2 is 2.36 bits per heavy atom. The average Bonchev–Trinajstić information content (AvgIpc) is 2.03. The Labute approximate surface area is 83.1 Å². The number of carbonyl (C=O) groups is 1. The van der Waals surface area contributed by atoms with Gasteiger partial charge >= 0.3 is 0 Å². The van der Waals surface area contributed by atoms with Gasteiger partial charge in [-0.05, 0) is 34.7 Å². The van der Waals surface area contributed by atoms with Crippen molar-refractivity contribution < 1.29 is 4.79 Å². The first-order chi connectivity index (χ1) is 5.26. The smallest absolute Gasteiger partial charge is 0.150 e. The van der Waals surface area contributed by atoms with E-state index in [1.807, 2.05) is 22.6 Å². The summed E-state index contributed by atoms with van der Waals surface area (Å²) in [6, 6.07) is 3.39. The van der Waals surface area contributed by atoms with Crippen molar-refractivity contribution >= 4 is 40.5 Å². The molecule has 1 aromatic heterocycles. The average molecular weight is 281 g/mol. The molecule has 0 aliphatic rings. The molecular formula is C7H5ClINO. The molecule has 1 heterocycles. The van der Waals surface area contributed by atoms with E-state index >= 15 is 0 Å². The van der Waals surface area contributed by atoms with Gasteiger partial charge in [-0.3, -0.25) is 4.79 Å². The minimum Gasteiger partial charge on any atom is -0.298 e. The fourth-order valence-electron chi connectivity index (χ4n) is 0.710. The maximum atomic E-state index is 10.4. The van der Waals surface area contributed by atoms with Crippen LogP contribution in [0.2, 0.25) is 0 Å². The third-order valence-electron chi connectivity index (χ3n) is 1.14. The lowest BCUT2D eigenvalue weighted by molar-refractivity contribution is 0.112. The molecule has 0 unspecified atom stereocenters. The zero-order valence-electron chi connectivity index (χ0n) is 5.55. The second-order valence-electron chi connectivity index (χ2n) is 1.97. The molecule has 0 N–H and O–H groups in total. The monoisotopic (exact) mass is 281 g/mol. The molecule has 11 heavy (non-hydrogen) atoms. The van der Waals surface area contributed by atoms with Crippen LogP contribution in [0.4, 0.5) is 0 Å². The van der Waals surface area contributed by atoms with Crippen LogP contribution in [0.15, 0.2) is 12.1 Å². The number of halogens is 2. The molecule has 2 nitrogen and oxygen atoms in total. The van der Waals surface area contributed by atoms with Crippen LogP contribution in [-0.4, -0.2) is 11.3 Å². The predicted octanol–water partition coefficient (Wildman–Crippen LogP) is 2.24. The lowest BCUT2D eigenvalue weighted by Crippen LogP contribution is -1.91. The Bertz CT molecular complexity index is 277. The molecule has 0 aliphatic carbocycles. The molecule has 0 saturated heterocycles.